The third kappa shape index (κ3) is 5.06. The Morgan fingerprint density at radius 2 is 1.76 bits per heavy atom. The number of aromatic nitrogens is 3. The summed E-state index contributed by atoms with van der Waals surface area (Å²) in [5.74, 6) is 0.582. The van der Waals surface area contributed by atoms with E-state index in [1.807, 2.05) is 0 Å². The van der Waals surface area contributed by atoms with E-state index in [1.165, 1.54) is 18.2 Å². The number of aryl methyl sites for hydroxylation is 2. The second-order valence-electron chi connectivity index (χ2n) is 8.78. The summed E-state index contributed by atoms with van der Waals surface area (Å²) >= 11 is 0. The molecule has 10 heteroatoms. The number of H-pyrrole nitrogens is 1. The maximum atomic E-state index is 13.0. The molecule has 1 heterocycles. The number of hydrogen-bond donors (Lipinski definition) is 2. The molecule has 1 aliphatic rings. The SMILES string of the molecule is Cc1cc(-n2ncc(=O)[nH]c2=O)cc(C)c1Oc1ccc(O)c(S(=O)(=O)CC2CCCCC2)c1. The van der Waals surface area contributed by atoms with Gasteiger partial charge < -0.3 is 9.84 Å². The highest BCUT2D eigenvalue weighted by atomic mass is 32.2. The Bertz CT molecular complexity index is 1410. The number of aromatic amines is 1. The van der Waals surface area contributed by atoms with Crippen molar-refractivity contribution in [1.29, 1.82) is 0 Å². The van der Waals surface area contributed by atoms with Gasteiger partial charge in [0.05, 0.1) is 11.4 Å². The van der Waals surface area contributed by atoms with Crippen molar-refractivity contribution < 1.29 is 18.3 Å². The standard InChI is InChI=1S/C24H27N3O6S/c1-15-10-18(27-24(30)26-22(29)13-25-27)11-16(2)23(15)33-19-8-9-20(28)21(12-19)34(31,32)14-17-6-4-3-5-7-17/h8-13,17,28H,3-7,14H2,1-2H3,(H,26,29,30). The molecule has 2 N–H and O–H groups in total. The fourth-order valence-corrected chi connectivity index (χ4v) is 6.24. The molecule has 3 aromatic rings. The van der Waals surface area contributed by atoms with E-state index in [4.69, 9.17) is 4.74 Å². The van der Waals surface area contributed by atoms with E-state index in [0.717, 1.165) is 43.0 Å². The van der Waals surface area contributed by atoms with Gasteiger partial charge in [-0.25, -0.2) is 13.2 Å². The first-order chi connectivity index (χ1) is 16.1. The first-order valence-electron chi connectivity index (χ1n) is 11.2. The molecule has 34 heavy (non-hydrogen) atoms. The predicted octanol–water partition coefficient (Wildman–Crippen LogP) is 3.39. The third-order valence-corrected chi connectivity index (χ3v) is 7.98. The number of phenols is 1. The lowest BCUT2D eigenvalue weighted by Crippen LogP contribution is -2.30. The number of sulfone groups is 1. The van der Waals surface area contributed by atoms with E-state index >= 15 is 0 Å². The van der Waals surface area contributed by atoms with Gasteiger partial charge in [-0.3, -0.25) is 9.78 Å². The van der Waals surface area contributed by atoms with E-state index in [9.17, 15) is 23.1 Å². The van der Waals surface area contributed by atoms with Crippen molar-refractivity contribution in [3.63, 3.8) is 0 Å². The zero-order valence-electron chi connectivity index (χ0n) is 19.1. The number of phenolic OH excluding ortho intramolecular Hbond substituents is 1. The second-order valence-corrected chi connectivity index (χ2v) is 10.8. The smallest absolute Gasteiger partial charge is 0.349 e. The number of nitrogens with zero attached hydrogens (tertiary/aromatic N) is 2. The quantitative estimate of drug-likeness (QED) is 0.547. The summed E-state index contributed by atoms with van der Waals surface area (Å²) in [5, 5.41) is 14.1. The van der Waals surface area contributed by atoms with Crippen molar-refractivity contribution in [1.82, 2.24) is 14.8 Å². The minimum atomic E-state index is -3.68. The number of rotatable bonds is 6. The Morgan fingerprint density at radius 3 is 2.41 bits per heavy atom. The van der Waals surface area contributed by atoms with Crippen LogP contribution in [0.5, 0.6) is 17.2 Å². The van der Waals surface area contributed by atoms with Crippen LogP contribution >= 0.6 is 0 Å². The van der Waals surface area contributed by atoms with Crippen LogP contribution in [0.4, 0.5) is 0 Å². The van der Waals surface area contributed by atoms with Crippen molar-refractivity contribution in [3.8, 4) is 22.9 Å². The molecule has 0 radical (unpaired) electrons. The summed E-state index contributed by atoms with van der Waals surface area (Å²) in [6.45, 7) is 3.56. The van der Waals surface area contributed by atoms with Gasteiger partial charge >= 0.3 is 5.69 Å². The maximum absolute atomic E-state index is 13.0. The zero-order chi connectivity index (χ0) is 24.5. The van der Waals surface area contributed by atoms with Crippen LogP contribution in [0.25, 0.3) is 5.69 Å². The minimum Gasteiger partial charge on any atom is -0.507 e. The first-order valence-corrected chi connectivity index (χ1v) is 12.8. The summed E-state index contributed by atoms with van der Waals surface area (Å²) in [6.07, 6.45) is 5.98. The molecule has 0 saturated heterocycles. The van der Waals surface area contributed by atoms with Crippen molar-refractivity contribution in [2.45, 2.75) is 50.8 Å². The van der Waals surface area contributed by atoms with Crippen molar-refractivity contribution in [2.24, 2.45) is 5.92 Å². The van der Waals surface area contributed by atoms with Crippen LogP contribution in [-0.2, 0) is 9.84 Å². The molecule has 4 rings (SSSR count). The van der Waals surface area contributed by atoms with Gasteiger partial charge in [0.25, 0.3) is 5.56 Å². The molecule has 0 atom stereocenters. The topological polar surface area (TPSA) is 131 Å². The predicted molar refractivity (Wildman–Crippen MR) is 127 cm³/mol. The normalized spacial score (nSPS) is 14.8. The monoisotopic (exact) mass is 485 g/mol. The summed E-state index contributed by atoms with van der Waals surface area (Å²) in [7, 11) is -3.68. The molecule has 0 amide bonds. The first kappa shape index (κ1) is 23.7. The van der Waals surface area contributed by atoms with E-state index in [2.05, 4.69) is 10.1 Å². The molecule has 2 aromatic carbocycles. The Hall–Kier alpha value is -3.40. The van der Waals surface area contributed by atoms with Gasteiger partial charge in [-0.1, -0.05) is 19.3 Å². The number of nitrogens with one attached hydrogen (secondary N) is 1. The van der Waals surface area contributed by atoms with Gasteiger partial charge in [0.15, 0.2) is 9.84 Å². The molecule has 1 aromatic heterocycles. The number of aromatic hydroxyl groups is 1. The number of benzene rings is 2. The summed E-state index contributed by atoms with van der Waals surface area (Å²) in [5.41, 5.74) is 0.553. The van der Waals surface area contributed by atoms with Gasteiger partial charge in [0.1, 0.15) is 28.3 Å². The van der Waals surface area contributed by atoms with Gasteiger partial charge in [-0.15, -0.1) is 0 Å². The van der Waals surface area contributed by atoms with Gasteiger partial charge in [-0.2, -0.15) is 9.78 Å². The highest BCUT2D eigenvalue weighted by Gasteiger charge is 2.26. The van der Waals surface area contributed by atoms with Crippen LogP contribution in [0.15, 0.2) is 51.0 Å². The fraction of sp³-hybridized carbons (Fsp3) is 0.375. The maximum Gasteiger partial charge on any atom is 0.349 e. The Balaban J connectivity index is 1.63. The van der Waals surface area contributed by atoms with E-state index in [-0.39, 0.29) is 28.1 Å². The number of ether oxygens (including phenoxy) is 1. The second kappa shape index (κ2) is 9.46. The molecule has 0 spiro atoms. The highest BCUT2D eigenvalue weighted by Crippen LogP contribution is 2.36. The van der Waals surface area contributed by atoms with Crippen molar-refractivity contribution >= 4 is 9.84 Å². The van der Waals surface area contributed by atoms with Crippen LogP contribution in [0, 0.1) is 19.8 Å². The Morgan fingerprint density at radius 1 is 1.09 bits per heavy atom. The van der Waals surface area contributed by atoms with Gasteiger partial charge in [-0.05, 0) is 68.0 Å². The zero-order valence-corrected chi connectivity index (χ0v) is 19.9. The largest absolute Gasteiger partial charge is 0.507 e. The average Bonchev–Trinajstić information content (AvgIpc) is 2.77. The molecule has 0 unspecified atom stereocenters. The molecule has 1 fully saturated rings. The molecule has 1 aliphatic carbocycles. The Labute approximate surface area is 197 Å². The lowest BCUT2D eigenvalue weighted by Gasteiger charge is -2.21. The molecular weight excluding hydrogens is 458 g/mol. The minimum absolute atomic E-state index is 0.0116. The average molecular weight is 486 g/mol. The fourth-order valence-electron chi connectivity index (χ4n) is 4.43. The van der Waals surface area contributed by atoms with Crippen LogP contribution in [0.1, 0.15) is 43.2 Å². The summed E-state index contributed by atoms with van der Waals surface area (Å²) < 4.78 is 33.2. The highest BCUT2D eigenvalue weighted by molar-refractivity contribution is 7.91. The van der Waals surface area contributed by atoms with Crippen LogP contribution in [0.3, 0.4) is 0 Å². The Kier molecular flexibility index (Phi) is 6.60. The third-order valence-electron chi connectivity index (χ3n) is 6.07. The molecule has 0 aliphatic heterocycles. The summed E-state index contributed by atoms with van der Waals surface area (Å²) in [4.78, 5) is 25.4. The molecule has 1 saturated carbocycles. The van der Waals surface area contributed by atoms with E-state index < -0.39 is 21.1 Å². The lowest BCUT2D eigenvalue weighted by atomic mass is 9.91. The van der Waals surface area contributed by atoms with Gasteiger partial charge in [0.2, 0.25) is 0 Å². The summed E-state index contributed by atoms with van der Waals surface area (Å²) in [6, 6.07) is 7.54. The van der Waals surface area contributed by atoms with Crippen LogP contribution in [0.2, 0.25) is 0 Å². The van der Waals surface area contributed by atoms with Crippen LogP contribution in [-0.4, -0.2) is 34.0 Å². The van der Waals surface area contributed by atoms with Gasteiger partial charge in [0, 0.05) is 6.07 Å². The molecule has 180 valence electrons. The van der Waals surface area contributed by atoms with Crippen molar-refractivity contribution in [2.75, 3.05) is 5.75 Å². The van der Waals surface area contributed by atoms with Crippen LogP contribution < -0.4 is 16.0 Å². The molecular formula is C24H27N3O6S. The van der Waals surface area contributed by atoms with E-state index in [1.54, 1.807) is 26.0 Å². The molecule has 0 bridgehead atoms. The number of hydrogen-bond acceptors (Lipinski definition) is 7. The van der Waals surface area contributed by atoms with Crippen molar-refractivity contribution in [3.05, 3.63) is 68.5 Å². The lowest BCUT2D eigenvalue weighted by molar-refractivity contribution is 0.384. The molecule has 9 nitrogen and oxygen atoms in total. The van der Waals surface area contributed by atoms with E-state index in [0.29, 0.717) is 22.6 Å².